The second kappa shape index (κ2) is 59.6. The van der Waals surface area contributed by atoms with Crippen LogP contribution in [0.3, 0.4) is 0 Å². The third-order valence-corrected chi connectivity index (χ3v) is 16.9. The second-order valence-corrected chi connectivity index (χ2v) is 26.3. The molecular formula is C68H135N2O6P. The molecule has 0 bridgehead atoms. The topological polar surface area (TPSA) is 108 Å². The summed E-state index contributed by atoms with van der Waals surface area (Å²) in [5.74, 6) is -0.199. The average molecular weight is 1110 g/mol. The van der Waals surface area contributed by atoms with Gasteiger partial charge in [0.2, 0.25) is 5.91 Å². The summed E-state index contributed by atoms with van der Waals surface area (Å²) >= 11 is 0. The molecule has 0 aromatic heterocycles. The summed E-state index contributed by atoms with van der Waals surface area (Å²) in [5, 5.41) is 13.9. The van der Waals surface area contributed by atoms with Crippen molar-refractivity contribution < 1.29 is 32.9 Å². The fraction of sp³-hybridized carbons (Fsp3) is 0.926. The number of hydrogen-bond acceptors (Lipinski definition) is 6. The van der Waals surface area contributed by atoms with E-state index in [0.717, 1.165) is 38.5 Å². The number of nitrogens with one attached hydrogen (secondary N) is 1. The zero-order chi connectivity index (χ0) is 56.3. The lowest BCUT2D eigenvalue weighted by Crippen LogP contribution is -2.45. The minimum atomic E-state index is -4.61. The van der Waals surface area contributed by atoms with Gasteiger partial charge in [-0.3, -0.25) is 9.36 Å². The lowest BCUT2D eigenvalue weighted by Gasteiger charge is -2.29. The standard InChI is InChI=1S/C68H135N2O6P/c1-6-8-10-12-14-16-18-20-22-24-26-28-30-31-32-33-34-35-36-37-38-40-41-43-45-47-49-51-53-55-57-59-61-67(71)66(65-76-77(73,74)75-64-63-70(3,4)5)69-68(72)62-60-58-56-54-52-50-48-46-44-42-39-29-27-25-23-21-19-17-15-13-11-9-7-2/h51,53,59,61,66-67,71H,6-50,52,54-58,60,62-65H2,1-5H3,(H-,69,72,73,74)/b53-51+,61-59+. The van der Waals surface area contributed by atoms with Gasteiger partial charge < -0.3 is 28.8 Å². The summed E-state index contributed by atoms with van der Waals surface area (Å²) in [5.41, 5.74) is 0. The van der Waals surface area contributed by atoms with Gasteiger partial charge in [-0.25, -0.2) is 0 Å². The van der Waals surface area contributed by atoms with Crippen LogP contribution in [0.25, 0.3) is 0 Å². The van der Waals surface area contributed by atoms with Gasteiger partial charge in [0.1, 0.15) is 13.2 Å². The van der Waals surface area contributed by atoms with Crippen LogP contribution < -0.4 is 10.2 Å². The lowest BCUT2D eigenvalue weighted by molar-refractivity contribution is -0.870. The number of amides is 1. The molecule has 3 atom stereocenters. The molecule has 0 rings (SSSR count). The van der Waals surface area contributed by atoms with E-state index in [9.17, 15) is 19.4 Å². The molecule has 2 N–H and O–H groups in total. The quantitative estimate of drug-likeness (QED) is 0.0272. The van der Waals surface area contributed by atoms with Gasteiger partial charge in [0, 0.05) is 6.42 Å². The van der Waals surface area contributed by atoms with E-state index < -0.39 is 20.0 Å². The molecule has 9 heteroatoms. The Morgan fingerprint density at radius 1 is 0.442 bits per heavy atom. The number of carbonyl (C=O) groups excluding carboxylic acids is 1. The number of allylic oxidation sites excluding steroid dienone is 3. The van der Waals surface area contributed by atoms with Crippen LogP contribution >= 0.6 is 7.82 Å². The van der Waals surface area contributed by atoms with E-state index in [1.807, 2.05) is 27.2 Å². The molecule has 77 heavy (non-hydrogen) atoms. The minimum absolute atomic E-state index is 0.00346. The Hall–Kier alpha value is -1.02. The second-order valence-electron chi connectivity index (χ2n) is 24.9. The minimum Gasteiger partial charge on any atom is -0.756 e. The predicted molar refractivity (Wildman–Crippen MR) is 335 cm³/mol. The highest BCUT2D eigenvalue weighted by Crippen LogP contribution is 2.38. The number of phosphoric ester groups is 1. The number of nitrogens with zero attached hydrogens (tertiary/aromatic N) is 1. The van der Waals surface area contributed by atoms with Gasteiger partial charge in [0.15, 0.2) is 0 Å². The number of hydrogen-bond donors (Lipinski definition) is 2. The Bertz CT molecular complexity index is 1300. The molecule has 0 radical (unpaired) electrons. The molecule has 0 saturated carbocycles. The maximum atomic E-state index is 13.0. The number of phosphoric acid groups is 1. The van der Waals surface area contributed by atoms with E-state index in [1.54, 1.807) is 6.08 Å². The maximum absolute atomic E-state index is 13.0. The van der Waals surface area contributed by atoms with Crippen molar-refractivity contribution in [1.82, 2.24) is 5.32 Å². The van der Waals surface area contributed by atoms with Crippen LogP contribution in [0.15, 0.2) is 24.3 Å². The van der Waals surface area contributed by atoms with Crippen molar-refractivity contribution >= 4 is 13.7 Å². The van der Waals surface area contributed by atoms with E-state index in [0.29, 0.717) is 17.4 Å². The number of rotatable bonds is 64. The number of aliphatic hydroxyl groups is 1. The van der Waals surface area contributed by atoms with Gasteiger partial charge in [0.25, 0.3) is 7.82 Å². The summed E-state index contributed by atoms with van der Waals surface area (Å²) in [6.07, 6.45) is 77.3. The number of quaternary nitrogens is 1. The van der Waals surface area contributed by atoms with Crippen LogP contribution in [0.1, 0.15) is 354 Å². The number of unbranched alkanes of at least 4 members (excludes halogenated alkanes) is 49. The Morgan fingerprint density at radius 3 is 1.05 bits per heavy atom. The fourth-order valence-corrected chi connectivity index (χ4v) is 11.3. The van der Waals surface area contributed by atoms with Crippen molar-refractivity contribution in [1.29, 1.82) is 0 Å². The summed E-state index contributed by atoms with van der Waals surface area (Å²) in [4.78, 5) is 25.6. The van der Waals surface area contributed by atoms with E-state index in [1.165, 1.54) is 295 Å². The smallest absolute Gasteiger partial charge is 0.268 e. The molecule has 0 heterocycles. The summed E-state index contributed by atoms with van der Waals surface area (Å²) in [6.45, 7) is 4.69. The molecular weight excluding hydrogens is 972 g/mol. The van der Waals surface area contributed by atoms with Crippen molar-refractivity contribution in [2.75, 3.05) is 40.9 Å². The van der Waals surface area contributed by atoms with Crippen LogP contribution in [0.5, 0.6) is 0 Å². The molecule has 3 unspecified atom stereocenters. The van der Waals surface area contributed by atoms with Crippen molar-refractivity contribution in [3.63, 3.8) is 0 Å². The molecule has 0 aromatic rings. The normalized spacial score (nSPS) is 13.8. The largest absolute Gasteiger partial charge is 0.756 e. The number of carbonyl (C=O) groups is 1. The Balaban J connectivity index is 4.08. The molecule has 8 nitrogen and oxygen atoms in total. The van der Waals surface area contributed by atoms with Crippen molar-refractivity contribution in [2.45, 2.75) is 366 Å². The molecule has 0 aliphatic heterocycles. The van der Waals surface area contributed by atoms with E-state index in [-0.39, 0.29) is 19.1 Å². The molecule has 0 aliphatic carbocycles. The highest BCUT2D eigenvalue weighted by atomic mass is 31.2. The zero-order valence-electron chi connectivity index (χ0n) is 52.4. The Morgan fingerprint density at radius 2 is 0.727 bits per heavy atom. The molecule has 0 spiro atoms. The molecule has 0 aliphatic rings. The lowest BCUT2D eigenvalue weighted by atomic mass is 10.0. The van der Waals surface area contributed by atoms with E-state index in [2.05, 4.69) is 31.3 Å². The third kappa shape index (κ3) is 62.4. The van der Waals surface area contributed by atoms with Crippen molar-refractivity contribution in [2.24, 2.45) is 0 Å². The van der Waals surface area contributed by atoms with Gasteiger partial charge in [-0.15, -0.1) is 0 Å². The van der Waals surface area contributed by atoms with Crippen LogP contribution in [-0.4, -0.2) is 68.5 Å². The predicted octanol–water partition coefficient (Wildman–Crippen LogP) is 20.9. The molecule has 1 amide bonds. The zero-order valence-corrected chi connectivity index (χ0v) is 53.3. The molecule has 0 saturated heterocycles. The van der Waals surface area contributed by atoms with Crippen molar-refractivity contribution in [3.8, 4) is 0 Å². The first-order valence-corrected chi connectivity index (χ1v) is 35.7. The summed E-state index contributed by atoms with van der Waals surface area (Å²) in [7, 11) is 1.26. The summed E-state index contributed by atoms with van der Waals surface area (Å²) in [6, 6.07) is -0.901. The van der Waals surface area contributed by atoms with Crippen molar-refractivity contribution in [3.05, 3.63) is 24.3 Å². The van der Waals surface area contributed by atoms with Crippen LogP contribution in [0.4, 0.5) is 0 Å². The highest BCUT2D eigenvalue weighted by Gasteiger charge is 2.23. The maximum Gasteiger partial charge on any atom is 0.268 e. The molecule has 0 aromatic carbocycles. The van der Waals surface area contributed by atoms with Gasteiger partial charge >= 0.3 is 0 Å². The highest BCUT2D eigenvalue weighted by molar-refractivity contribution is 7.45. The van der Waals surface area contributed by atoms with Gasteiger partial charge in [-0.2, -0.15) is 0 Å². The van der Waals surface area contributed by atoms with Gasteiger partial charge in [0.05, 0.1) is 39.9 Å². The molecule has 0 fully saturated rings. The van der Waals surface area contributed by atoms with Crippen LogP contribution in [0, 0.1) is 0 Å². The first kappa shape index (κ1) is 76.0. The first-order valence-electron chi connectivity index (χ1n) is 34.2. The molecule has 458 valence electrons. The Labute approximate surface area is 481 Å². The summed E-state index contributed by atoms with van der Waals surface area (Å²) < 4.78 is 23.4. The number of aliphatic hydroxyl groups excluding tert-OH is 1. The monoisotopic (exact) mass is 1110 g/mol. The van der Waals surface area contributed by atoms with E-state index >= 15 is 0 Å². The van der Waals surface area contributed by atoms with Gasteiger partial charge in [-0.05, 0) is 32.1 Å². The Kier molecular flexibility index (Phi) is 58.8. The van der Waals surface area contributed by atoms with Crippen LogP contribution in [0.2, 0.25) is 0 Å². The van der Waals surface area contributed by atoms with E-state index in [4.69, 9.17) is 9.05 Å². The SMILES string of the molecule is CCCCCCCCCCCCCCCCCCCCCCCCCCCC/C=C/CC/C=C/C(O)C(COP(=O)([O-])OCC[N+](C)(C)C)NC(=O)CCCCCCCCCCCCCCCCCCCCCCCCC. The fourth-order valence-electron chi connectivity index (χ4n) is 10.6. The number of likely N-dealkylation sites (N-methyl/N-ethyl adjacent to an activating group) is 1. The first-order chi connectivity index (χ1) is 37.5. The van der Waals surface area contributed by atoms with Crippen LogP contribution in [-0.2, 0) is 18.4 Å². The average Bonchev–Trinajstić information content (AvgIpc) is 3.39. The van der Waals surface area contributed by atoms with Gasteiger partial charge in [-0.1, -0.05) is 340 Å². The third-order valence-electron chi connectivity index (χ3n) is 15.9.